The van der Waals surface area contributed by atoms with Crippen molar-refractivity contribution >= 4 is 17.7 Å². The summed E-state index contributed by atoms with van der Waals surface area (Å²) in [5.41, 5.74) is 0. The summed E-state index contributed by atoms with van der Waals surface area (Å²) in [6.07, 6.45) is 2.45. The monoisotopic (exact) mass is 229 g/mol. The van der Waals surface area contributed by atoms with Crippen LogP contribution in [0.3, 0.4) is 0 Å². The molecule has 1 heterocycles. The van der Waals surface area contributed by atoms with E-state index in [4.69, 9.17) is 4.74 Å². The molecule has 2 atom stereocenters. The van der Waals surface area contributed by atoms with Crippen LogP contribution in [0.5, 0.6) is 0 Å². The second-order valence-corrected chi connectivity index (χ2v) is 5.26. The van der Waals surface area contributed by atoms with E-state index in [9.17, 15) is 4.79 Å². The lowest BCUT2D eigenvalue weighted by Crippen LogP contribution is -2.45. The number of thioether (sulfide) groups is 1. The van der Waals surface area contributed by atoms with Crippen LogP contribution in [-0.4, -0.2) is 29.7 Å². The molecule has 0 aromatic carbocycles. The van der Waals surface area contributed by atoms with E-state index in [1.165, 1.54) is 0 Å². The van der Waals surface area contributed by atoms with Gasteiger partial charge in [0, 0.05) is 12.3 Å². The Balaban J connectivity index is 2.71. The molecule has 0 amide bonds. The van der Waals surface area contributed by atoms with Crippen molar-refractivity contribution in [2.75, 3.05) is 18.9 Å². The van der Waals surface area contributed by atoms with Crippen molar-refractivity contribution < 1.29 is 9.53 Å². The quantitative estimate of drug-likeness (QED) is 0.576. The number of allylic oxidation sites excluding steroid dienone is 1. The van der Waals surface area contributed by atoms with Gasteiger partial charge in [0.15, 0.2) is 0 Å². The number of carbonyl (C=O) groups excluding carboxylic acids is 1. The lowest BCUT2D eigenvalue weighted by molar-refractivity contribution is -0.149. The maximum Gasteiger partial charge on any atom is 0.311 e. The molecule has 0 bridgehead atoms. The van der Waals surface area contributed by atoms with Gasteiger partial charge in [0.2, 0.25) is 0 Å². The summed E-state index contributed by atoms with van der Waals surface area (Å²) in [5, 5.41) is 3.37. The van der Waals surface area contributed by atoms with Crippen LogP contribution in [0.15, 0.2) is 12.7 Å². The van der Waals surface area contributed by atoms with E-state index in [1.54, 1.807) is 17.8 Å². The number of rotatable bonds is 5. The maximum absolute atomic E-state index is 11.8. The number of esters is 1. The van der Waals surface area contributed by atoms with E-state index in [0.717, 1.165) is 12.3 Å². The third kappa shape index (κ3) is 2.98. The van der Waals surface area contributed by atoms with Crippen LogP contribution in [0.1, 0.15) is 20.3 Å². The van der Waals surface area contributed by atoms with E-state index in [1.807, 2.05) is 6.92 Å². The van der Waals surface area contributed by atoms with Crippen molar-refractivity contribution in [3.8, 4) is 0 Å². The van der Waals surface area contributed by atoms with Crippen LogP contribution in [0.25, 0.3) is 0 Å². The molecule has 1 N–H and O–H groups in total. The van der Waals surface area contributed by atoms with Gasteiger partial charge < -0.3 is 10.1 Å². The van der Waals surface area contributed by atoms with E-state index in [2.05, 4.69) is 18.8 Å². The summed E-state index contributed by atoms with van der Waals surface area (Å²) < 4.78 is 5.09. The fraction of sp³-hybridized carbons (Fsp3) is 0.727. The molecule has 1 fully saturated rings. The summed E-state index contributed by atoms with van der Waals surface area (Å²) >= 11 is 1.79. The van der Waals surface area contributed by atoms with E-state index in [0.29, 0.717) is 13.0 Å². The second-order valence-electron chi connectivity index (χ2n) is 3.71. The molecular weight excluding hydrogens is 210 g/mol. The first-order chi connectivity index (χ1) is 7.14. The van der Waals surface area contributed by atoms with E-state index >= 15 is 0 Å². The van der Waals surface area contributed by atoms with Gasteiger partial charge in [-0.05, 0) is 20.3 Å². The van der Waals surface area contributed by atoms with Crippen LogP contribution in [0.4, 0.5) is 0 Å². The van der Waals surface area contributed by atoms with Gasteiger partial charge in [-0.25, -0.2) is 0 Å². The average molecular weight is 229 g/mol. The minimum atomic E-state index is -0.194. The average Bonchev–Trinajstić information content (AvgIpc) is 2.62. The third-order valence-corrected chi connectivity index (χ3v) is 4.06. The largest absolute Gasteiger partial charge is 0.466 e. The van der Waals surface area contributed by atoms with Gasteiger partial charge in [-0.15, -0.1) is 18.3 Å². The molecule has 86 valence electrons. The smallest absolute Gasteiger partial charge is 0.311 e. The number of hydrogen-bond donors (Lipinski definition) is 1. The van der Waals surface area contributed by atoms with Crippen LogP contribution < -0.4 is 5.32 Å². The molecule has 4 heteroatoms. The van der Waals surface area contributed by atoms with Crippen molar-refractivity contribution in [2.24, 2.45) is 5.92 Å². The standard InChI is InChI=1S/C11H19NO2S/c1-4-6-9(10(13)14-5-2)11(3)12-7-8-15-11/h4,9,12H,1,5-8H2,2-3H3. The Morgan fingerprint density at radius 2 is 2.53 bits per heavy atom. The van der Waals surface area contributed by atoms with Crippen molar-refractivity contribution in [1.29, 1.82) is 0 Å². The molecular formula is C11H19NO2S. The first-order valence-corrected chi connectivity index (χ1v) is 6.29. The van der Waals surface area contributed by atoms with Gasteiger partial charge in [0.1, 0.15) is 0 Å². The molecule has 1 rings (SSSR count). The highest BCUT2D eigenvalue weighted by molar-refractivity contribution is 8.00. The molecule has 0 spiro atoms. The van der Waals surface area contributed by atoms with Gasteiger partial charge in [0.25, 0.3) is 0 Å². The minimum Gasteiger partial charge on any atom is -0.466 e. The lowest BCUT2D eigenvalue weighted by Gasteiger charge is -2.31. The van der Waals surface area contributed by atoms with E-state index < -0.39 is 0 Å². The molecule has 1 saturated heterocycles. The van der Waals surface area contributed by atoms with Gasteiger partial charge >= 0.3 is 5.97 Å². The highest BCUT2D eigenvalue weighted by Gasteiger charge is 2.41. The molecule has 1 aliphatic rings. The Morgan fingerprint density at radius 1 is 1.80 bits per heavy atom. The molecule has 1 aliphatic heterocycles. The van der Waals surface area contributed by atoms with Gasteiger partial charge in [-0.1, -0.05) is 6.08 Å². The molecule has 3 nitrogen and oxygen atoms in total. The zero-order chi connectivity index (χ0) is 11.3. The number of hydrogen-bond acceptors (Lipinski definition) is 4. The predicted molar refractivity (Wildman–Crippen MR) is 63.8 cm³/mol. The van der Waals surface area contributed by atoms with Crippen LogP contribution in [0, 0.1) is 5.92 Å². The summed E-state index contributed by atoms with van der Waals surface area (Å²) in [7, 11) is 0. The molecule has 0 aromatic heterocycles. The number of carbonyl (C=O) groups is 1. The van der Waals surface area contributed by atoms with Crippen LogP contribution in [0.2, 0.25) is 0 Å². The zero-order valence-electron chi connectivity index (χ0n) is 9.41. The van der Waals surface area contributed by atoms with E-state index in [-0.39, 0.29) is 16.8 Å². The first-order valence-electron chi connectivity index (χ1n) is 5.30. The Hall–Kier alpha value is -0.480. The minimum absolute atomic E-state index is 0.123. The van der Waals surface area contributed by atoms with Crippen LogP contribution >= 0.6 is 11.8 Å². The molecule has 15 heavy (non-hydrogen) atoms. The highest BCUT2D eigenvalue weighted by Crippen LogP contribution is 2.36. The van der Waals surface area contributed by atoms with Gasteiger partial charge in [-0.3, -0.25) is 4.79 Å². The van der Waals surface area contributed by atoms with Crippen molar-refractivity contribution in [3.63, 3.8) is 0 Å². The normalized spacial score (nSPS) is 27.3. The topological polar surface area (TPSA) is 38.3 Å². The Bertz CT molecular complexity index is 237. The van der Waals surface area contributed by atoms with Crippen molar-refractivity contribution in [3.05, 3.63) is 12.7 Å². The molecule has 0 saturated carbocycles. The molecule has 0 aliphatic carbocycles. The SMILES string of the molecule is C=CCC(C(=O)OCC)C1(C)NCCS1. The summed E-state index contributed by atoms with van der Waals surface area (Å²) in [6.45, 7) is 8.99. The number of nitrogens with one attached hydrogen (secondary N) is 1. The zero-order valence-corrected chi connectivity index (χ0v) is 10.2. The molecule has 0 radical (unpaired) electrons. The fourth-order valence-corrected chi connectivity index (χ4v) is 3.02. The van der Waals surface area contributed by atoms with Crippen molar-refractivity contribution in [2.45, 2.75) is 25.1 Å². The Labute approximate surface area is 95.6 Å². The Morgan fingerprint density at radius 3 is 3.00 bits per heavy atom. The van der Waals surface area contributed by atoms with Gasteiger partial charge in [-0.2, -0.15) is 0 Å². The predicted octanol–water partition coefficient (Wildman–Crippen LogP) is 1.79. The summed E-state index contributed by atoms with van der Waals surface area (Å²) in [4.78, 5) is 11.6. The highest BCUT2D eigenvalue weighted by atomic mass is 32.2. The summed E-state index contributed by atoms with van der Waals surface area (Å²) in [6, 6.07) is 0. The second kappa shape index (κ2) is 5.56. The summed E-state index contributed by atoms with van der Waals surface area (Å²) in [5.74, 6) is 0.785. The molecule has 2 unspecified atom stereocenters. The molecule has 0 aromatic rings. The maximum atomic E-state index is 11.8. The lowest BCUT2D eigenvalue weighted by atomic mass is 9.96. The number of ether oxygens (including phenoxy) is 1. The van der Waals surface area contributed by atoms with Gasteiger partial charge in [0.05, 0.1) is 17.4 Å². The third-order valence-electron chi connectivity index (χ3n) is 2.62. The Kier molecular flexibility index (Phi) is 4.67. The fourth-order valence-electron chi connectivity index (χ4n) is 1.79. The van der Waals surface area contributed by atoms with Crippen molar-refractivity contribution in [1.82, 2.24) is 5.32 Å². The van der Waals surface area contributed by atoms with Crippen LogP contribution in [-0.2, 0) is 9.53 Å². The first kappa shape index (κ1) is 12.6.